The highest BCUT2D eigenvalue weighted by Crippen LogP contribution is 2.24. The van der Waals surface area contributed by atoms with Crippen LogP contribution in [-0.4, -0.2) is 16.1 Å². The molecule has 0 unspecified atom stereocenters. The van der Waals surface area contributed by atoms with Crippen molar-refractivity contribution in [2.45, 2.75) is 6.61 Å². The topological polar surface area (TPSA) is 65.2 Å². The first-order valence-electron chi connectivity index (χ1n) is 7.20. The van der Waals surface area contributed by atoms with Crippen molar-refractivity contribution in [1.29, 1.82) is 0 Å². The lowest BCUT2D eigenvalue weighted by Crippen LogP contribution is -2.00. The molecule has 0 aliphatic rings. The van der Waals surface area contributed by atoms with Gasteiger partial charge in [-0.3, -0.25) is 0 Å². The molecule has 3 aromatic rings. The summed E-state index contributed by atoms with van der Waals surface area (Å²) in [6.07, 6.45) is 3.02. The van der Waals surface area contributed by atoms with E-state index in [1.54, 1.807) is 18.2 Å². The monoisotopic (exact) mass is 340 g/mol. The molecule has 0 saturated heterocycles. The Bertz CT molecular complexity index is 859. The van der Waals surface area contributed by atoms with E-state index in [2.05, 4.69) is 10.1 Å². The van der Waals surface area contributed by atoms with Crippen molar-refractivity contribution in [2.24, 2.45) is 0 Å². The van der Waals surface area contributed by atoms with Crippen molar-refractivity contribution >= 4 is 23.6 Å². The number of benzene rings is 2. The Morgan fingerprint density at radius 3 is 2.67 bits per heavy atom. The van der Waals surface area contributed by atoms with Gasteiger partial charge in [0.1, 0.15) is 0 Å². The average Bonchev–Trinajstić information content (AvgIpc) is 3.08. The lowest BCUT2D eigenvalue weighted by molar-refractivity contribution is -0.139. The minimum atomic E-state index is -0.489. The van der Waals surface area contributed by atoms with Gasteiger partial charge in [-0.15, -0.1) is 0 Å². The Morgan fingerprint density at radius 2 is 1.88 bits per heavy atom. The van der Waals surface area contributed by atoms with Crippen LogP contribution in [0.4, 0.5) is 0 Å². The molecule has 2 aromatic carbocycles. The van der Waals surface area contributed by atoms with E-state index in [4.69, 9.17) is 20.9 Å². The molecule has 1 heterocycles. The zero-order chi connectivity index (χ0) is 16.8. The predicted molar refractivity (Wildman–Crippen MR) is 90.0 cm³/mol. The smallest absolute Gasteiger partial charge is 0.331 e. The van der Waals surface area contributed by atoms with Crippen molar-refractivity contribution in [3.63, 3.8) is 0 Å². The average molecular weight is 341 g/mol. The summed E-state index contributed by atoms with van der Waals surface area (Å²) in [6, 6.07) is 16.6. The van der Waals surface area contributed by atoms with Crippen LogP contribution in [0.3, 0.4) is 0 Å². The van der Waals surface area contributed by atoms with E-state index in [9.17, 15) is 4.79 Å². The van der Waals surface area contributed by atoms with Gasteiger partial charge in [-0.2, -0.15) is 4.98 Å². The number of carbonyl (C=O) groups is 1. The Kier molecular flexibility index (Phi) is 5.03. The van der Waals surface area contributed by atoms with Gasteiger partial charge >= 0.3 is 5.97 Å². The minimum Gasteiger partial charge on any atom is -0.452 e. The largest absolute Gasteiger partial charge is 0.452 e. The summed E-state index contributed by atoms with van der Waals surface area (Å²) in [5.74, 6) is 0.0641. The molecule has 0 aliphatic heterocycles. The first kappa shape index (κ1) is 16.0. The van der Waals surface area contributed by atoms with Crippen LogP contribution in [-0.2, 0) is 16.1 Å². The number of halogens is 1. The molecule has 5 nitrogen and oxygen atoms in total. The summed E-state index contributed by atoms with van der Waals surface area (Å²) in [4.78, 5) is 15.9. The molecule has 0 aliphatic carbocycles. The molecule has 0 spiro atoms. The van der Waals surface area contributed by atoms with Crippen LogP contribution in [0.15, 0.2) is 65.2 Å². The van der Waals surface area contributed by atoms with Crippen molar-refractivity contribution in [1.82, 2.24) is 10.1 Å². The standard InChI is InChI=1S/C18H13ClN2O3/c19-15-9-5-4-8-14(15)18-20-16(24-21-18)12-23-17(22)11-10-13-6-2-1-3-7-13/h1-11H,12H2/b11-10+. The second kappa shape index (κ2) is 7.57. The SMILES string of the molecule is O=C(/C=C/c1ccccc1)OCc1nc(-c2ccccc2Cl)no1. The highest BCUT2D eigenvalue weighted by Gasteiger charge is 2.12. The number of carbonyl (C=O) groups excluding carboxylic acids is 1. The molecule has 0 radical (unpaired) electrons. The highest BCUT2D eigenvalue weighted by molar-refractivity contribution is 6.33. The van der Waals surface area contributed by atoms with E-state index >= 15 is 0 Å². The lowest BCUT2D eigenvalue weighted by Gasteiger charge is -1.97. The highest BCUT2D eigenvalue weighted by atomic mass is 35.5. The summed E-state index contributed by atoms with van der Waals surface area (Å²) in [6.45, 7) is -0.102. The molecular formula is C18H13ClN2O3. The maximum Gasteiger partial charge on any atom is 0.331 e. The molecule has 0 bridgehead atoms. The van der Waals surface area contributed by atoms with Crippen LogP contribution in [0.5, 0.6) is 0 Å². The zero-order valence-electron chi connectivity index (χ0n) is 12.6. The third-order valence-electron chi connectivity index (χ3n) is 3.13. The van der Waals surface area contributed by atoms with Crippen molar-refractivity contribution in [3.05, 3.63) is 77.2 Å². The number of hydrogen-bond acceptors (Lipinski definition) is 5. The molecule has 24 heavy (non-hydrogen) atoms. The van der Waals surface area contributed by atoms with Crippen LogP contribution in [0.1, 0.15) is 11.5 Å². The molecular weight excluding hydrogens is 328 g/mol. The number of nitrogens with zero attached hydrogens (tertiary/aromatic N) is 2. The van der Waals surface area contributed by atoms with Gasteiger partial charge < -0.3 is 9.26 Å². The summed E-state index contributed by atoms with van der Waals surface area (Å²) >= 11 is 6.08. The second-order valence-corrected chi connectivity index (χ2v) is 5.25. The first-order chi connectivity index (χ1) is 11.7. The Labute approximate surface area is 143 Å². The number of ether oxygens (including phenoxy) is 1. The summed E-state index contributed by atoms with van der Waals surface area (Å²) in [5.41, 5.74) is 1.57. The third-order valence-corrected chi connectivity index (χ3v) is 3.46. The van der Waals surface area contributed by atoms with Crippen LogP contribution >= 0.6 is 11.6 Å². The van der Waals surface area contributed by atoms with Crippen LogP contribution < -0.4 is 0 Å². The fourth-order valence-electron chi connectivity index (χ4n) is 1.97. The molecule has 0 amide bonds. The van der Waals surface area contributed by atoms with Crippen LogP contribution in [0.25, 0.3) is 17.5 Å². The fourth-order valence-corrected chi connectivity index (χ4v) is 2.20. The van der Waals surface area contributed by atoms with E-state index < -0.39 is 5.97 Å². The molecule has 0 N–H and O–H groups in total. The number of rotatable bonds is 5. The number of hydrogen-bond donors (Lipinski definition) is 0. The van der Waals surface area contributed by atoms with Crippen LogP contribution in [0, 0.1) is 0 Å². The van der Waals surface area contributed by atoms with E-state index in [-0.39, 0.29) is 12.5 Å². The van der Waals surface area contributed by atoms with Crippen molar-refractivity contribution in [3.8, 4) is 11.4 Å². The maximum absolute atomic E-state index is 11.7. The van der Waals surface area contributed by atoms with Crippen LogP contribution in [0.2, 0.25) is 5.02 Å². The Balaban J connectivity index is 1.59. The molecule has 1 aromatic heterocycles. The second-order valence-electron chi connectivity index (χ2n) is 4.84. The van der Waals surface area contributed by atoms with E-state index in [1.807, 2.05) is 42.5 Å². The molecule has 120 valence electrons. The lowest BCUT2D eigenvalue weighted by atomic mass is 10.2. The summed E-state index contributed by atoms with van der Waals surface area (Å²) in [7, 11) is 0. The molecule has 0 atom stereocenters. The normalized spacial score (nSPS) is 10.9. The predicted octanol–water partition coefficient (Wildman–Crippen LogP) is 4.15. The zero-order valence-corrected chi connectivity index (χ0v) is 13.3. The van der Waals surface area contributed by atoms with E-state index in [0.29, 0.717) is 16.4 Å². The summed E-state index contributed by atoms with van der Waals surface area (Å²) < 4.78 is 10.1. The van der Waals surface area contributed by atoms with Gasteiger partial charge in [-0.05, 0) is 23.8 Å². The minimum absolute atomic E-state index is 0.102. The van der Waals surface area contributed by atoms with Gasteiger partial charge in [-0.25, -0.2) is 4.79 Å². The molecule has 0 fully saturated rings. The van der Waals surface area contributed by atoms with Gasteiger partial charge in [0.25, 0.3) is 5.89 Å². The van der Waals surface area contributed by atoms with E-state index in [1.165, 1.54) is 6.08 Å². The Morgan fingerprint density at radius 1 is 1.12 bits per heavy atom. The Hall–Kier alpha value is -2.92. The summed E-state index contributed by atoms with van der Waals surface area (Å²) in [5, 5.41) is 4.36. The first-order valence-corrected chi connectivity index (χ1v) is 7.57. The number of aromatic nitrogens is 2. The van der Waals surface area contributed by atoms with Gasteiger partial charge in [0.05, 0.1) is 5.02 Å². The van der Waals surface area contributed by atoms with Crippen molar-refractivity contribution in [2.75, 3.05) is 0 Å². The maximum atomic E-state index is 11.7. The van der Waals surface area contributed by atoms with Crippen molar-refractivity contribution < 1.29 is 14.1 Å². The van der Waals surface area contributed by atoms with Gasteiger partial charge in [0.15, 0.2) is 6.61 Å². The van der Waals surface area contributed by atoms with Gasteiger partial charge in [0, 0.05) is 11.6 Å². The van der Waals surface area contributed by atoms with Gasteiger partial charge in [0.2, 0.25) is 5.82 Å². The molecule has 0 saturated carbocycles. The quantitative estimate of drug-likeness (QED) is 0.515. The molecule has 6 heteroatoms. The number of esters is 1. The third kappa shape index (κ3) is 4.08. The van der Waals surface area contributed by atoms with Gasteiger partial charge in [-0.1, -0.05) is 59.2 Å². The fraction of sp³-hybridized carbons (Fsp3) is 0.0556. The molecule has 3 rings (SSSR count). The van der Waals surface area contributed by atoms with E-state index in [0.717, 1.165) is 5.56 Å².